The summed E-state index contributed by atoms with van der Waals surface area (Å²) in [7, 11) is 0. The molecule has 1 aliphatic carbocycles. The maximum Gasteiger partial charge on any atom is 0.138 e. The third kappa shape index (κ3) is 3.70. The summed E-state index contributed by atoms with van der Waals surface area (Å²) in [6.45, 7) is 2.92. The topological polar surface area (TPSA) is 48.1 Å². The van der Waals surface area contributed by atoms with Gasteiger partial charge >= 0.3 is 0 Å². The first-order valence-electron chi connectivity index (χ1n) is 7.13. The Bertz CT molecular complexity index is 350. The van der Waals surface area contributed by atoms with E-state index in [1.807, 2.05) is 18.3 Å². The van der Waals surface area contributed by atoms with E-state index >= 15 is 0 Å². The molecule has 0 radical (unpaired) electrons. The Morgan fingerprint density at radius 2 is 2.28 bits per heavy atom. The molecule has 1 aromatic rings. The Morgan fingerprint density at radius 3 is 2.94 bits per heavy atom. The Morgan fingerprint density at radius 1 is 1.39 bits per heavy atom. The Labute approximate surface area is 110 Å². The highest BCUT2D eigenvalue weighted by Crippen LogP contribution is 2.29. The van der Waals surface area contributed by atoms with E-state index in [0.29, 0.717) is 12.6 Å². The van der Waals surface area contributed by atoms with Crippen molar-refractivity contribution < 1.29 is 4.74 Å². The summed E-state index contributed by atoms with van der Waals surface area (Å²) in [5.74, 6) is 1.74. The molecule has 3 nitrogen and oxygen atoms in total. The van der Waals surface area contributed by atoms with E-state index in [0.717, 1.165) is 23.8 Å². The van der Waals surface area contributed by atoms with Crippen molar-refractivity contribution in [1.82, 2.24) is 4.98 Å². The molecule has 100 valence electrons. The molecule has 3 heteroatoms. The van der Waals surface area contributed by atoms with Crippen molar-refractivity contribution in [3.05, 3.63) is 24.0 Å². The number of aromatic nitrogens is 1. The van der Waals surface area contributed by atoms with Crippen LogP contribution in [0, 0.1) is 5.92 Å². The summed E-state index contributed by atoms with van der Waals surface area (Å²) >= 11 is 0. The zero-order valence-electron chi connectivity index (χ0n) is 11.3. The van der Waals surface area contributed by atoms with Crippen LogP contribution in [0.3, 0.4) is 0 Å². The van der Waals surface area contributed by atoms with Crippen molar-refractivity contribution in [1.29, 1.82) is 0 Å². The molecule has 1 saturated carbocycles. The molecule has 1 heterocycles. The predicted octanol–water partition coefficient (Wildman–Crippen LogP) is 2.93. The summed E-state index contributed by atoms with van der Waals surface area (Å²) in [6, 6.07) is 4.04. The molecule has 0 bridgehead atoms. The summed E-state index contributed by atoms with van der Waals surface area (Å²) in [4.78, 5) is 4.37. The normalized spacial score (nSPS) is 23.9. The van der Waals surface area contributed by atoms with Gasteiger partial charge in [-0.3, -0.25) is 4.98 Å². The van der Waals surface area contributed by atoms with Crippen LogP contribution in [0.1, 0.15) is 44.7 Å². The smallest absolute Gasteiger partial charge is 0.138 e. The van der Waals surface area contributed by atoms with Crippen LogP contribution >= 0.6 is 0 Å². The molecule has 1 aliphatic rings. The number of pyridine rings is 1. The van der Waals surface area contributed by atoms with E-state index in [2.05, 4.69) is 11.9 Å². The largest absolute Gasteiger partial charge is 0.489 e. The summed E-state index contributed by atoms with van der Waals surface area (Å²) in [6.07, 6.45) is 9.36. The van der Waals surface area contributed by atoms with Crippen molar-refractivity contribution in [3.63, 3.8) is 0 Å². The molecule has 1 fully saturated rings. The van der Waals surface area contributed by atoms with Crippen molar-refractivity contribution in [2.24, 2.45) is 11.7 Å². The maximum atomic E-state index is 6.03. The first-order valence-corrected chi connectivity index (χ1v) is 7.13. The van der Waals surface area contributed by atoms with Crippen molar-refractivity contribution >= 4 is 0 Å². The minimum atomic E-state index is 0.380. The van der Waals surface area contributed by atoms with Crippen LogP contribution in [0.5, 0.6) is 5.75 Å². The molecule has 0 aromatic carbocycles. The van der Waals surface area contributed by atoms with Gasteiger partial charge in [0, 0.05) is 12.1 Å². The molecule has 2 rings (SSSR count). The zero-order chi connectivity index (χ0) is 12.8. The van der Waals surface area contributed by atoms with E-state index in [1.165, 1.54) is 32.1 Å². The number of nitrogens with two attached hydrogens (primary N) is 1. The highest BCUT2D eigenvalue weighted by Gasteiger charge is 2.21. The van der Waals surface area contributed by atoms with Crippen LogP contribution in [-0.4, -0.2) is 17.6 Å². The van der Waals surface area contributed by atoms with E-state index < -0.39 is 0 Å². The Kier molecular flexibility index (Phi) is 5.00. The fourth-order valence-corrected chi connectivity index (χ4v) is 2.69. The number of hydrogen-bond donors (Lipinski definition) is 1. The number of ether oxygens (including phenoxy) is 1. The molecule has 1 aromatic heterocycles. The SMILES string of the molecule is CCC1CCCC(Oc2ccc(CCN)nc2)C1. The minimum Gasteiger partial charge on any atom is -0.489 e. The van der Waals surface area contributed by atoms with Gasteiger partial charge in [-0.15, -0.1) is 0 Å². The second-order valence-corrected chi connectivity index (χ2v) is 5.20. The van der Waals surface area contributed by atoms with Gasteiger partial charge in [0.15, 0.2) is 0 Å². The van der Waals surface area contributed by atoms with E-state index in [-0.39, 0.29) is 0 Å². The third-order valence-electron chi connectivity index (χ3n) is 3.81. The fraction of sp³-hybridized carbons (Fsp3) is 0.667. The summed E-state index contributed by atoms with van der Waals surface area (Å²) < 4.78 is 6.03. The van der Waals surface area contributed by atoms with Gasteiger partial charge in [-0.2, -0.15) is 0 Å². The van der Waals surface area contributed by atoms with Gasteiger partial charge in [-0.1, -0.05) is 19.8 Å². The molecule has 0 amide bonds. The zero-order valence-corrected chi connectivity index (χ0v) is 11.3. The van der Waals surface area contributed by atoms with Crippen molar-refractivity contribution in [2.45, 2.75) is 51.6 Å². The van der Waals surface area contributed by atoms with Crippen LogP contribution in [0.4, 0.5) is 0 Å². The summed E-state index contributed by atoms with van der Waals surface area (Å²) in [5.41, 5.74) is 6.55. The number of nitrogens with zero attached hydrogens (tertiary/aromatic N) is 1. The van der Waals surface area contributed by atoms with Gasteiger partial charge in [0.25, 0.3) is 0 Å². The highest BCUT2D eigenvalue weighted by molar-refractivity contribution is 5.20. The molecule has 2 N–H and O–H groups in total. The lowest BCUT2D eigenvalue weighted by atomic mass is 9.85. The lowest BCUT2D eigenvalue weighted by molar-refractivity contribution is 0.121. The van der Waals surface area contributed by atoms with Crippen LogP contribution in [0.25, 0.3) is 0 Å². The summed E-state index contributed by atoms with van der Waals surface area (Å²) in [5, 5.41) is 0. The molecule has 0 saturated heterocycles. The van der Waals surface area contributed by atoms with E-state index in [9.17, 15) is 0 Å². The van der Waals surface area contributed by atoms with Gasteiger partial charge in [0.1, 0.15) is 5.75 Å². The maximum absolute atomic E-state index is 6.03. The van der Waals surface area contributed by atoms with Crippen molar-refractivity contribution in [2.75, 3.05) is 6.54 Å². The van der Waals surface area contributed by atoms with Crippen molar-refractivity contribution in [3.8, 4) is 5.75 Å². The molecule has 2 atom stereocenters. The quantitative estimate of drug-likeness (QED) is 0.871. The second kappa shape index (κ2) is 6.74. The standard InChI is InChI=1S/C15H24N2O/c1-2-12-4-3-5-14(10-12)18-15-7-6-13(8-9-16)17-11-15/h6-7,11-12,14H,2-5,8-10,16H2,1H3. The fourth-order valence-electron chi connectivity index (χ4n) is 2.69. The van der Waals surface area contributed by atoms with Crippen LogP contribution in [0.2, 0.25) is 0 Å². The molecule has 2 unspecified atom stereocenters. The van der Waals surface area contributed by atoms with E-state index in [1.54, 1.807) is 0 Å². The van der Waals surface area contributed by atoms with Crippen LogP contribution < -0.4 is 10.5 Å². The third-order valence-corrected chi connectivity index (χ3v) is 3.81. The van der Waals surface area contributed by atoms with Gasteiger partial charge in [0.2, 0.25) is 0 Å². The Balaban J connectivity index is 1.88. The lowest BCUT2D eigenvalue weighted by Crippen LogP contribution is -2.25. The van der Waals surface area contributed by atoms with Crippen LogP contribution in [-0.2, 0) is 6.42 Å². The molecule has 0 spiro atoms. The van der Waals surface area contributed by atoms with Gasteiger partial charge in [-0.05, 0) is 43.9 Å². The van der Waals surface area contributed by atoms with Gasteiger partial charge in [0.05, 0.1) is 12.3 Å². The number of rotatable bonds is 5. The first kappa shape index (κ1) is 13.3. The van der Waals surface area contributed by atoms with Crippen LogP contribution in [0.15, 0.2) is 18.3 Å². The molecular weight excluding hydrogens is 224 g/mol. The average molecular weight is 248 g/mol. The lowest BCUT2D eigenvalue weighted by Gasteiger charge is -2.28. The van der Waals surface area contributed by atoms with Gasteiger partial charge < -0.3 is 10.5 Å². The minimum absolute atomic E-state index is 0.380. The molecule has 0 aliphatic heterocycles. The average Bonchev–Trinajstić information content (AvgIpc) is 2.42. The van der Waals surface area contributed by atoms with Gasteiger partial charge in [-0.25, -0.2) is 0 Å². The highest BCUT2D eigenvalue weighted by atomic mass is 16.5. The Hall–Kier alpha value is -1.09. The number of hydrogen-bond acceptors (Lipinski definition) is 3. The predicted molar refractivity (Wildman–Crippen MR) is 73.7 cm³/mol. The van der Waals surface area contributed by atoms with E-state index in [4.69, 9.17) is 10.5 Å². The second-order valence-electron chi connectivity index (χ2n) is 5.20. The molecular formula is C15H24N2O. The molecule has 18 heavy (non-hydrogen) atoms. The monoisotopic (exact) mass is 248 g/mol. The first-order chi connectivity index (χ1) is 8.81.